The lowest BCUT2D eigenvalue weighted by Gasteiger charge is -2.36. The second-order valence-corrected chi connectivity index (χ2v) is 6.92. The summed E-state index contributed by atoms with van der Waals surface area (Å²) in [5.74, 6) is -0.170. The Bertz CT molecular complexity index is 913. The van der Waals surface area contributed by atoms with Crippen LogP contribution in [0.25, 0.3) is 0 Å². The summed E-state index contributed by atoms with van der Waals surface area (Å²) in [5.41, 5.74) is 0.811. The Morgan fingerprint density at radius 1 is 0.935 bits per heavy atom. The molecule has 0 bridgehead atoms. The van der Waals surface area contributed by atoms with Crippen LogP contribution in [0.3, 0.4) is 0 Å². The van der Waals surface area contributed by atoms with Crippen LogP contribution < -0.4 is 14.4 Å². The molecule has 0 radical (unpaired) electrons. The lowest BCUT2D eigenvalue weighted by molar-refractivity contribution is -0.134. The van der Waals surface area contributed by atoms with E-state index in [4.69, 9.17) is 14.2 Å². The first kappa shape index (κ1) is 22.4. The second-order valence-electron chi connectivity index (χ2n) is 6.92. The standard InChI is InChI=1S/C23H27FN2O5/c1-3-29-20-10-9-17(15-21(20)30-4-2)23(28)31-16-22(27)26-13-11-25(12-14-26)19-8-6-5-7-18(19)24/h5-10,15H,3-4,11-14,16H2,1-2H3. The third-order valence-corrected chi connectivity index (χ3v) is 4.93. The quantitative estimate of drug-likeness (QED) is 0.600. The highest BCUT2D eigenvalue weighted by Gasteiger charge is 2.24. The number of amides is 1. The van der Waals surface area contributed by atoms with Gasteiger partial charge in [-0.25, -0.2) is 9.18 Å². The summed E-state index contributed by atoms with van der Waals surface area (Å²) in [4.78, 5) is 28.4. The summed E-state index contributed by atoms with van der Waals surface area (Å²) in [7, 11) is 0. The second kappa shape index (κ2) is 10.7. The molecular formula is C23H27FN2O5. The van der Waals surface area contributed by atoms with Crippen LogP contribution in [-0.4, -0.2) is 62.8 Å². The Kier molecular flexibility index (Phi) is 7.70. The van der Waals surface area contributed by atoms with Gasteiger partial charge in [-0.3, -0.25) is 4.79 Å². The van der Waals surface area contributed by atoms with Gasteiger partial charge in [0, 0.05) is 26.2 Å². The Balaban J connectivity index is 1.52. The Morgan fingerprint density at radius 2 is 1.61 bits per heavy atom. The number of halogens is 1. The Morgan fingerprint density at radius 3 is 2.29 bits per heavy atom. The van der Waals surface area contributed by atoms with Crippen molar-refractivity contribution in [3.8, 4) is 11.5 Å². The first-order valence-electron chi connectivity index (χ1n) is 10.4. The maximum Gasteiger partial charge on any atom is 0.338 e. The fraction of sp³-hybridized carbons (Fsp3) is 0.391. The van der Waals surface area contributed by atoms with Crippen molar-refractivity contribution in [1.29, 1.82) is 0 Å². The highest BCUT2D eigenvalue weighted by molar-refractivity contribution is 5.92. The molecule has 1 aliphatic rings. The van der Waals surface area contributed by atoms with Crippen molar-refractivity contribution in [3.05, 3.63) is 53.8 Å². The van der Waals surface area contributed by atoms with Crippen LogP contribution in [-0.2, 0) is 9.53 Å². The Labute approximate surface area is 181 Å². The van der Waals surface area contributed by atoms with E-state index < -0.39 is 5.97 Å². The van der Waals surface area contributed by atoms with Gasteiger partial charge in [-0.1, -0.05) is 12.1 Å². The van der Waals surface area contributed by atoms with Crippen LogP contribution in [0.4, 0.5) is 10.1 Å². The van der Waals surface area contributed by atoms with E-state index in [-0.39, 0.29) is 23.9 Å². The van der Waals surface area contributed by atoms with Gasteiger partial charge >= 0.3 is 5.97 Å². The number of benzene rings is 2. The highest BCUT2D eigenvalue weighted by atomic mass is 19.1. The van der Waals surface area contributed by atoms with Gasteiger partial charge in [-0.05, 0) is 44.2 Å². The smallest absolute Gasteiger partial charge is 0.338 e. The van der Waals surface area contributed by atoms with E-state index in [0.717, 1.165) is 0 Å². The van der Waals surface area contributed by atoms with E-state index in [0.29, 0.717) is 56.6 Å². The molecule has 1 amide bonds. The summed E-state index contributed by atoms with van der Waals surface area (Å²) >= 11 is 0. The molecule has 166 valence electrons. The molecule has 0 atom stereocenters. The largest absolute Gasteiger partial charge is 0.490 e. The minimum atomic E-state index is -0.609. The van der Waals surface area contributed by atoms with Crippen molar-refractivity contribution in [1.82, 2.24) is 4.90 Å². The number of ether oxygens (including phenoxy) is 3. The molecular weight excluding hydrogens is 403 g/mol. The average Bonchev–Trinajstić information content (AvgIpc) is 2.79. The number of carbonyl (C=O) groups excluding carboxylic acids is 2. The number of anilines is 1. The number of piperazine rings is 1. The SMILES string of the molecule is CCOc1ccc(C(=O)OCC(=O)N2CCN(c3ccccc3F)CC2)cc1OCC. The molecule has 1 heterocycles. The number of rotatable bonds is 8. The predicted molar refractivity (Wildman–Crippen MR) is 114 cm³/mol. The normalized spacial score (nSPS) is 13.6. The lowest BCUT2D eigenvalue weighted by Crippen LogP contribution is -2.50. The van der Waals surface area contributed by atoms with E-state index in [1.807, 2.05) is 18.7 Å². The van der Waals surface area contributed by atoms with E-state index >= 15 is 0 Å². The van der Waals surface area contributed by atoms with Gasteiger partial charge in [-0.2, -0.15) is 0 Å². The number of nitrogens with zero attached hydrogens (tertiary/aromatic N) is 2. The van der Waals surface area contributed by atoms with Crippen molar-refractivity contribution in [2.45, 2.75) is 13.8 Å². The van der Waals surface area contributed by atoms with E-state index in [2.05, 4.69) is 0 Å². The van der Waals surface area contributed by atoms with E-state index in [9.17, 15) is 14.0 Å². The van der Waals surface area contributed by atoms with E-state index in [1.54, 1.807) is 41.3 Å². The molecule has 0 saturated carbocycles. The predicted octanol–water partition coefficient (Wildman–Crippen LogP) is 3.13. The lowest BCUT2D eigenvalue weighted by atomic mass is 10.2. The van der Waals surface area contributed by atoms with Gasteiger partial charge in [0.2, 0.25) is 0 Å². The van der Waals surface area contributed by atoms with Crippen molar-refractivity contribution in [3.63, 3.8) is 0 Å². The summed E-state index contributed by atoms with van der Waals surface area (Å²) in [6.45, 7) is 6.14. The van der Waals surface area contributed by atoms with Gasteiger partial charge < -0.3 is 24.0 Å². The van der Waals surface area contributed by atoms with Crippen molar-refractivity contribution in [2.75, 3.05) is 50.9 Å². The molecule has 8 heteroatoms. The van der Waals surface area contributed by atoms with Gasteiger partial charge in [0.1, 0.15) is 5.82 Å². The first-order valence-corrected chi connectivity index (χ1v) is 10.4. The topological polar surface area (TPSA) is 68.3 Å². The van der Waals surface area contributed by atoms with Crippen molar-refractivity contribution >= 4 is 17.6 Å². The van der Waals surface area contributed by atoms with Crippen LogP contribution in [0.2, 0.25) is 0 Å². The molecule has 1 saturated heterocycles. The fourth-order valence-corrected chi connectivity index (χ4v) is 3.38. The van der Waals surface area contributed by atoms with Gasteiger partial charge in [-0.15, -0.1) is 0 Å². The van der Waals surface area contributed by atoms with Crippen molar-refractivity contribution in [2.24, 2.45) is 0 Å². The van der Waals surface area contributed by atoms with Gasteiger partial charge in [0.05, 0.1) is 24.5 Å². The molecule has 1 aliphatic heterocycles. The molecule has 0 spiro atoms. The van der Waals surface area contributed by atoms with Gasteiger partial charge in [0.25, 0.3) is 5.91 Å². The number of esters is 1. The molecule has 3 rings (SSSR count). The van der Waals surface area contributed by atoms with Gasteiger partial charge in [0.15, 0.2) is 18.1 Å². The number of hydrogen-bond donors (Lipinski definition) is 0. The zero-order valence-electron chi connectivity index (χ0n) is 17.8. The monoisotopic (exact) mass is 430 g/mol. The number of hydrogen-bond acceptors (Lipinski definition) is 6. The van der Waals surface area contributed by atoms with E-state index in [1.165, 1.54) is 6.07 Å². The third-order valence-electron chi connectivity index (χ3n) is 4.93. The molecule has 0 N–H and O–H groups in total. The maximum absolute atomic E-state index is 13.9. The minimum Gasteiger partial charge on any atom is -0.490 e. The van der Waals surface area contributed by atoms with Crippen LogP contribution in [0, 0.1) is 5.82 Å². The fourth-order valence-electron chi connectivity index (χ4n) is 3.38. The minimum absolute atomic E-state index is 0.280. The summed E-state index contributed by atoms with van der Waals surface area (Å²) in [6, 6.07) is 11.4. The summed E-state index contributed by atoms with van der Waals surface area (Å²) in [5, 5.41) is 0. The Hall–Kier alpha value is -3.29. The molecule has 2 aromatic carbocycles. The molecule has 2 aromatic rings. The summed E-state index contributed by atoms with van der Waals surface area (Å²) in [6.07, 6.45) is 0. The zero-order valence-corrected chi connectivity index (χ0v) is 17.8. The first-order chi connectivity index (χ1) is 15.0. The molecule has 1 fully saturated rings. The maximum atomic E-state index is 13.9. The van der Waals surface area contributed by atoms with Crippen LogP contribution in [0.5, 0.6) is 11.5 Å². The average molecular weight is 430 g/mol. The van der Waals surface area contributed by atoms with Crippen LogP contribution >= 0.6 is 0 Å². The number of para-hydroxylation sites is 1. The van der Waals surface area contributed by atoms with Crippen molar-refractivity contribution < 1.29 is 28.2 Å². The highest BCUT2D eigenvalue weighted by Crippen LogP contribution is 2.29. The molecule has 7 nitrogen and oxygen atoms in total. The molecule has 0 aliphatic carbocycles. The van der Waals surface area contributed by atoms with Crippen LogP contribution in [0.1, 0.15) is 24.2 Å². The molecule has 0 unspecified atom stereocenters. The summed E-state index contributed by atoms with van der Waals surface area (Å²) < 4.78 is 30.2. The molecule has 31 heavy (non-hydrogen) atoms. The molecule has 0 aromatic heterocycles. The third kappa shape index (κ3) is 5.65. The van der Waals surface area contributed by atoms with Crippen LogP contribution in [0.15, 0.2) is 42.5 Å². The number of carbonyl (C=O) groups is 2. The zero-order chi connectivity index (χ0) is 22.2.